The van der Waals surface area contributed by atoms with Crippen LogP contribution >= 0.6 is 0 Å². The zero-order valence-electron chi connectivity index (χ0n) is 11.6. The third-order valence-electron chi connectivity index (χ3n) is 3.72. The summed E-state index contributed by atoms with van der Waals surface area (Å²) in [6.07, 6.45) is 5.52. The van der Waals surface area contributed by atoms with Crippen molar-refractivity contribution < 1.29 is 0 Å². The molecule has 1 aromatic heterocycles. The van der Waals surface area contributed by atoms with Crippen molar-refractivity contribution in [3.63, 3.8) is 0 Å². The normalized spacial score (nSPS) is 23.7. The molecule has 2 N–H and O–H groups in total. The molecule has 3 heteroatoms. The van der Waals surface area contributed by atoms with Gasteiger partial charge in [0.05, 0.1) is 0 Å². The summed E-state index contributed by atoms with van der Waals surface area (Å²) < 4.78 is 0. The number of rotatable bonds is 5. The lowest BCUT2D eigenvalue weighted by Gasteiger charge is -2.27. The van der Waals surface area contributed by atoms with E-state index in [0.29, 0.717) is 0 Å². The Balaban J connectivity index is 1.83. The van der Waals surface area contributed by atoms with Gasteiger partial charge >= 0.3 is 0 Å². The van der Waals surface area contributed by atoms with Gasteiger partial charge in [-0.1, -0.05) is 25.8 Å². The summed E-state index contributed by atoms with van der Waals surface area (Å²) in [6, 6.07) is 6.11. The monoisotopic (exact) mass is 247 g/mol. The molecule has 1 fully saturated rings. The first kappa shape index (κ1) is 13.2. The van der Waals surface area contributed by atoms with Crippen LogP contribution < -0.4 is 10.6 Å². The molecular formula is C15H25N3. The maximum absolute atomic E-state index is 4.54. The molecule has 0 bridgehead atoms. The second kappa shape index (κ2) is 6.62. The molecule has 0 radical (unpaired) electrons. The number of hydrogen-bond acceptors (Lipinski definition) is 3. The molecule has 1 saturated carbocycles. The van der Waals surface area contributed by atoms with Gasteiger partial charge < -0.3 is 10.6 Å². The first-order chi connectivity index (χ1) is 8.78. The molecule has 2 unspecified atom stereocenters. The summed E-state index contributed by atoms with van der Waals surface area (Å²) in [7, 11) is 0. The van der Waals surface area contributed by atoms with Crippen LogP contribution in [0.4, 0.5) is 11.6 Å². The lowest BCUT2D eigenvalue weighted by Crippen LogP contribution is -2.21. The zero-order valence-corrected chi connectivity index (χ0v) is 11.6. The summed E-state index contributed by atoms with van der Waals surface area (Å²) in [4.78, 5) is 4.54. The van der Waals surface area contributed by atoms with Gasteiger partial charge in [0.25, 0.3) is 0 Å². The van der Waals surface area contributed by atoms with E-state index in [1.54, 1.807) is 0 Å². The first-order valence-corrected chi connectivity index (χ1v) is 7.22. The minimum atomic E-state index is 0.818. The van der Waals surface area contributed by atoms with Crippen molar-refractivity contribution in [1.82, 2.24) is 4.98 Å². The van der Waals surface area contributed by atoms with E-state index >= 15 is 0 Å². The summed E-state index contributed by atoms with van der Waals surface area (Å²) >= 11 is 0. The van der Waals surface area contributed by atoms with Crippen LogP contribution in [0.25, 0.3) is 0 Å². The Morgan fingerprint density at radius 1 is 1.22 bits per heavy atom. The highest BCUT2D eigenvalue weighted by atomic mass is 15.1. The molecule has 3 nitrogen and oxygen atoms in total. The summed E-state index contributed by atoms with van der Waals surface area (Å²) in [5, 5.41) is 6.72. The van der Waals surface area contributed by atoms with Gasteiger partial charge in [-0.3, -0.25) is 0 Å². The summed E-state index contributed by atoms with van der Waals surface area (Å²) in [5.74, 6) is 3.66. The molecule has 0 amide bonds. The molecule has 1 aromatic rings. The molecule has 1 aliphatic rings. The summed E-state index contributed by atoms with van der Waals surface area (Å²) in [5.41, 5.74) is 0. The van der Waals surface area contributed by atoms with Gasteiger partial charge in [-0.05, 0) is 43.7 Å². The van der Waals surface area contributed by atoms with E-state index in [4.69, 9.17) is 0 Å². The fourth-order valence-electron chi connectivity index (χ4n) is 2.81. The van der Waals surface area contributed by atoms with Crippen molar-refractivity contribution in [3.05, 3.63) is 18.2 Å². The Kier molecular flexibility index (Phi) is 4.85. The standard InChI is InChI=1S/C15H25N3/c1-3-16-14-8-5-9-15(18-14)17-11-13-7-4-6-12(2)10-13/h5,8-9,12-13H,3-4,6-7,10-11H2,1-2H3,(H2,16,17,18). The van der Waals surface area contributed by atoms with E-state index < -0.39 is 0 Å². The van der Waals surface area contributed by atoms with Gasteiger partial charge in [-0.2, -0.15) is 0 Å². The second-order valence-corrected chi connectivity index (χ2v) is 5.46. The average molecular weight is 247 g/mol. The fourth-order valence-corrected chi connectivity index (χ4v) is 2.81. The Morgan fingerprint density at radius 2 is 2.00 bits per heavy atom. The zero-order chi connectivity index (χ0) is 12.8. The smallest absolute Gasteiger partial charge is 0.128 e. The van der Waals surface area contributed by atoms with Crippen LogP contribution in [0.1, 0.15) is 39.5 Å². The van der Waals surface area contributed by atoms with Gasteiger partial charge in [0.2, 0.25) is 0 Å². The van der Waals surface area contributed by atoms with Crippen molar-refractivity contribution >= 4 is 11.6 Å². The van der Waals surface area contributed by atoms with Crippen LogP contribution in [-0.4, -0.2) is 18.1 Å². The van der Waals surface area contributed by atoms with Crippen LogP contribution in [0.15, 0.2) is 18.2 Å². The van der Waals surface area contributed by atoms with Crippen molar-refractivity contribution in [2.45, 2.75) is 39.5 Å². The minimum absolute atomic E-state index is 0.818. The molecule has 0 spiro atoms. The van der Waals surface area contributed by atoms with E-state index in [9.17, 15) is 0 Å². The molecule has 0 aliphatic heterocycles. The number of pyridine rings is 1. The number of anilines is 2. The van der Waals surface area contributed by atoms with Crippen molar-refractivity contribution in [1.29, 1.82) is 0 Å². The van der Waals surface area contributed by atoms with Gasteiger partial charge in [-0.15, -0.1) is 0 Å². The molecule has 0 saturated heterocycles. The maximum Gasteiger partial charge on any atom is 0.128 e. The second-order valence-electron chi connectivity index (χ2n) is 5.46. The van der Waals surface area contributed by atoms with Crippen LogP contribution in [0.2, 0.25) is 0 Å². The third kappa shape index (κ3) is 3.90. The molecule has 1 aliphatic carbocycles. The van der Waals surface area contributed by atoms with Crippen LogP contribution in [-0.2, 0) is 0 Å². The van der Waals surface area contributed by atoms with Crippen molar-refractivity contribution in [3.8, 4) is 0 Å². The number of nitrogens with one attached hydrogen (secondary N) is 2. The number of hydrogen-bond donors (Lipinski definition) is 2. The Morgan fingerprint density at radius 3 is 2.72 bits per heavy atom. The molecular weight excluding hydrogens is 222 g/mol. The Labute approximate surface area is 110 Å². The van der Waals surface area contributed by atoms with Crippen molar-refractivity contribution in [2.24, 2.45) is 11.8 Å². The van der Waals surface area contributed by atoms with E-state index in [-0.39, 0.29) is 0 Å². The molecule has 100 valence electrons. The third-order valence-corrected chi connectivity index (χ3v) is 3.72. The Bertz CT molecular complexity index is 365. The lowest BCUT2D eigenvalue weighted by molar-refractivity contribution is 0.293. The number of aromatic nitrogens is 1. The average Bonchev–Trinajstić information content (AvgIpc) is 2.37. The highest BCUT2D eigenvalue weighted by molar-refractivity contribution is 5.44. The molecule has 2 rings (SSSR count). The lowest BCUT2D eigenvalue weighted by atomic mass is 9.82. The van der Waals surface area contributed by atoms with Crippen LogP contribution in [0.3, 0.4) is 0 Å². The van der Waals surface area contributed by atoms with E-state index in [1.165, 1.54) is 25.7 Å². The maximum atomic E-state index is 4.54. The minimum Gasteiger partial charge on any atom is -0.370 e. The first-order valence-electron chi connectivity index (χ1n) is 7.22. The highest BCUT2D eigenvalue weighted by Crippen LogP contribution is 2.28. The van der Waals surface area contributed by atoms with Crippen molar-refractivity contribution in [2.75, 3.05) is 23.7 Å². The number of nitrogens with zero attached hydrogens (tertiary/aromatic N) is 1. The van der Waals surface area contributed by atoms with E-state index in [0.717, 1.165) is 36.6 Å². The van der Waals surface area contributed by atoms with E-state index in [1.807, 2.05) is 12.1 Å². The molecule has 0 aromatic carbocycles. The highest BCUT2D eigenvalue weighted by Gasteiger charge is 2.18. The predicted octanol–water partition coefficient (Wildman–Crippen LogP) is 3.75. The molecule has 2 atom stereocenters. The quantitative estimate of drug-likeness (QED) is 0.832. The van der Waals surface area contributed by atoms with Crippen LogP contribution in [0.5, 0.6) is 0 Å². The van der Waals surface area contributed by atoms with Gasteiger partial charge in [-0.25, -0.2) is 4.98 Å². The topological polar surface area (TPSA) is 37.0 Å². The molecule has 1 heterocycles. The predicted molar refractivity (Wildman–Crippen MR) is 78.0 cm³/mol. The fraction of sp³-hybridized carbons (Fsp3) is 0.667. The molecule has 18 heavy (non-hydrogen) atoms. The van der Waals surface area contributed by atoms with Gasteiger partial charge in [0.15, 0.2) is 0 Å². The van der Waals surface area contributed by atoms with E-state index in [2.05, 4.69) is 35.5 Å². The van der Waals surface area contributed by atoms with Gasteiger partial charge in [0.1, 0.15) is 11.6 Å². The van der Waals surface area contributed by atoms with Crippen LogP contribution in [0, 0.1) is 11.8 Å². The Hall–Kier alpha value is -1.25. The SMILES string of the molecule is CCNc1cccc(NCC2CCCC(C)C2)n1. The van der Waals surface area contributed by atoms with Gasteiger partial charge in [0, 0.05) is 13.1 Å². The largest absolute Gasteiger partial charge is 0.370 e. The summed E-state index contributed by atoms with van der Waals surface area (Å²) in [6.45, 7) is 6.44.